The molecule has 0 bridgehead atoms. The lowest BCUT2D eigenvalue weighted by atomic mass is 9.95. The Hall–Kier alpha value is -4.10. The highest BCUT2D eigenvalue weighted by molar-refractivity contribution is 6.46. The van der Waals surface area contributed by atoms with Gasteiger partial charge in [-0.2, -0.15) is 0 Å². The minimum Gasteiger partial charge on any atom is -0.507 e. The number of hydrogen-bond donors (Lipinski definition) is 1. The van der Waals surface area contributed by atoms with E-state index in [4.69, 9.17) is 14.2 Å². The molecule has 0 saturated carbocycles. The molecule has 5 rings (SSSR count). The second kappa shape index (κ2) is 10.9. The van der Waals surface area contributed by atoms with Gasteiger partial charge in [-0.1, -0.05) is 42.5 Å². The predicted molar refractivity (Wildman–Crippen MR) is 138 cm³/mol. The molecule has 0 spiro atoms. The number of carbonyl (C=O) groups excluding carboxylic acids is 2. The molecule has 2 saturated heterocycles. The standard InChI is InChI=1S/C30H29NO6/c1-35-23-13-11-22(12-14-23)28(32)26-27(31(30(34)29(26)33)18-25-8-5-17-36-25)21-9-15-24(16-10-21)37-19-20-6-3-2-4-7-20/h2-4,6-7,9-16,25,27,32H,5,8,17-19H2,1H3/t25-,27+/m1/s1. The van der Waals surface area contributed by atoms with Crippen LogP contribution in [0.15, 0.2) is 84.4 Å². The number of hydrogen-bond acceptors (Lipinski definition) is 6. The minimum atomic E-state index is -0.741. The van der Waals surface area contributed by atoms with Gasteiger partial charge in [-0.15, -0.1) is 0 Å². The van der Waals surface area contributed by atoms with Crippen LogP contribution in [0.2, 0.25) is 0 Å². The van der Waals surface area contributed by atoms with Gasteiger partial charge < -0.3 is 24.2 Å². The Morgan fingerprint density at radius 2 is 1.68 bits per heavy atom. The normalized spacial score (nSPS) is 20.8. The second-order valence-electron chi connectivity index (χ2n) is 9.16. The van der Waals surface area contributed by atoms with E-state index in [0.29, 0.717) is 35.8 Å². The van der Waals surface area contributed by atoms with E-state index in [1.807, 2.05) is 54.6 Å². The number of rotatable bonds is 8. The third-order valence-electron chi connectivity index (χ3n) is 6.77. The van der Waals surface area contributed by atoms with E-state index < -0.39 is 17.7 Å². The third kappa shape index (κ3) is 5.22. The zero-order chi connectivity index (χ0) is 25.8. The summed E-state index contributed by atoms with van der Waals surface area (Å²) in [5.74, 6) is -0.275. The summed E-state index contributed by atoms with van der Waals surface area (Å²) >= 11 is 0. The lowest BCUT2D eigenvalue weighted by Gasteiger charge is -2.27. The molecule has 7 heteroatoms. The van der Waals surface area contributed by atoms with Crippen LogP contribution in [0.3, 0.4) is 0 Å². The fourth-order valence-electron chi connectivity index (χ4n) is 4.81. The highest BCUT2D eigenvalue weighted by atomic mass is 16.5. The molecule has 2 fully saturated rings. The van der Waals surface area contributed by atoms with Crippen molar-refractivity contribution >= 4 is 17.4 Å². The monoisotopic (exact) mass is 499 g/mol. The maximum atomic E-state index is 13.2. The molecule has 0 radical (unpaired) electrons. The summed E-state index contributed by atoms with van der Waals surface area (Å²) < 4.78 is 16.9. The number of ketones is 1. The molecule has 2 aliphatic heterocycles. The van der Waals surface area contributed by atoms with E-state index in [1.165, 1.54) is 4.90 Å². The van der Waals surface area contributed by atoms with Gasteiger partial charge in [-0.3, -0.25) is 9.59 Å². The van der Waals surface area contributed by atoms with Crippen LogP contribution < -0.4 is 9.47 Å². The van der Waals surface area contributed by atoms with Crippen LogP contribution >= 0.6 is 0 Å². The Bertz CT molecular complexity index is 1280. The van der Waals surface area contributed by atoms with Crippen molar-refractivity contribution in [2.45, 2.75) is 31.6 Å². The maximum absolute atomic E-state index is 13.2. The van der Waals surface area contributed by atoms with Crippen LogP contribution in [-0.4, -0.2) is 48.1 Å². The molecule has 1 amide bonds. The van der Waals surface area contributed by atoms with Crippen molar-refractivity contribution in [2.24, 2.45) is 0 Å². The summed E-state index contributed by atoms with van der Waals surface area (Å²) in [5, 5.41) is 11.2. The Morgan fingerprint density at radius 1 is 0.973 bits per heavy atom. The Labute approximate surface area is 215 Å². The SMILES string of the molecule is COc1ccc(C(O)=C2C(=O)C(=O)N(C[C@H]3CCCO3)[C@H]2c2ccc(OCc3ccccc3)cc2)cc1. The zero-order valence-corrected chi connectivity index (χ0v) is 20.6. The summed E-state index contributed by atoms with van der Waals surface area (Å²) in [4.78, 5) is 27.9. The number of methoxy groups -OCH3 is 1. The Balaban J connectivity index is 1.47. The van der Waals surface area contributed by atoms with Gasteiger partial charge in [0.1, 0.15) is 23.9 Å². The number of benzene rings is 3. The van der Waals surface area contributed by atoms with Crippen LogP contribution in [0.25, 0.3) is 5.76 Å². The quantitative estimate of drug-likeness (QED) is 0.270. The molecule has 0 aliphatic carbocycles. The van der Waals surface area contributed by atoms with Gasteiger partial charge in [0.2, 0.25) is 0 Å². The number of ether oxygens (including phenoxy) is 3. The number of carbonyl (C=O) groups is 2. The number of aliphatic hydroxyl groups excluding tert-OH is 1. The Kier molecular flexibility index (Phi) is 7.23. The molecule has 0 aromatic heterocycles. The van der Waals surface area contributed by atoms with Crippen LogP contribution in [0.1, 0.15) is 35.6 Å². The van der Waals surface area contributed by atoms with E-state index >= 15 is 0 Å². The molecule has 2 atom stereocenters. The smallest absolute Gasteiger partial charge is 0.295 e. The number of amides is 1. The van der Waals surface area contributed by atoms with Crippen molar-refractivity contribution in [2.75, 3.05) is 20.3 Å². The fraction of sp³-hybridized carbons (Fsp3) is 0.267. The van der Waals surface area contributed by atoms with Gasteiger partial charge in [0, 0.05) is 18.7 Å². The van der Waals surface area contributed by atoms with E-state index in [0.717, 1.165) is 18.4 Å². The summed E-state index contributed by atoms with van der Waals surface area (Å²) in [5.41, 5.74) is 2.25. The molecular formula is C30H29NO6. The molecule has 7 nitrogen and oxygen atoms in total. The van der Waals surface area contributed by atoms with Crippen LogP contribution in [-0.2, 0) is 20.9 Å². The predicted octanol–water partition coefficient (Wildman–Crippen LogP) is 4.87. The summed E-state index contributed by atoms with van der Waals surface area (Å²) in [6.07, 6.45) is 1.59. The van der Waals surface area contributed by atoms with Gasteiger partial charge in [0.05, 0.1) is 24.8 Å². The largest absolute Gasteiger partial charge is 0.507 e. The first-order valence-electron chi connectivity index (χ1n) is 12.4. The number of Topliss-reactive ketones (excluding diaryl/α,β-unsaturated/α-hetero) is 1. The second-order valence-corrected chi connectivity index (χ2v) is 9.16. The van der Waals surface area contributed by atoms with Crippen LogP contribution in [0.5, 0.6) is 11.5 Å². The van der Waals surface area contributed by atoms with E-state index in [9.17, 15) is 14.7 Å². The minimum absolute atomic E-state index is 0.0612. The topological polar surface area (TPSA) is 85.3 Å². The molecule has 3 aromatic rings. The molecule has 2 heterocycles. The number of nitrogens with zero attached hydrogens (tertiary/aromatic N) is 1. The maximum Gasteiger partial charge on any atom is 0.295 e. The fourth-order valence-corrected chi connectivity index (χ4v) is 4.81. The van der Waals surface area contributed by atoms with Gasteiger partial charge in [-0.05, 0) is 60.4 Å². The highest BCUT2D eigenvalue weighted by Crippen LogP contribution is 2.40. The third-order valence-corrected chi connectivity index (χ3v) is 6.77. The van der Waals surface area contributed by atoms with Crippen molar-refractivity contribution in [3.63, 3.8) is 0 Å². The molecule has 3 aromatic carbocycles. The van der Waals surface area contributed by atoms with Gasteiger partial charge in [0.15, 0.2) is 0 Å². The van der Waals surface area contributed by atoms with E-state index in [2.05, 4.69) is 0 Å². The van der Waals surface area contributed by atoms with Crippen molar-refractivity contribution < 1.29 is 28.9 Å². The molecule has 190 valence electrons. The van der Waals surface area contributed by atoms with E-state index in [1.54, 1.807) is 31.4 Å². The average molecular weight is 500 g/mol. The van der Waals surface area contributed by atoms with Crippen molar-refractivity contribution in [3.05, 3.63) is 101 Å². The number of likely N-dealkylation sites (tertiary alicyclic amines) is 1. The first-order valence-corrected chi connectivity index (χ1v) is 12.4. The number of aliphatic hydroxyl groups is 1. The molecule has 0 unspecified atom stereocenters. The first kappa shape index (κ1) is 24.6. The van der Waals surface area contributed by atoms with Crippen molar-refractivity contribution in [1.29, 1.82) is 0 Å². The van der Waals surface area contributed by atoms with E-state index in [-0.39, 0.29) is 24.0 Å². The lowest BCUT2D eigenvalue weighted by Crippen LogP contribution is -2.36. The van der Waals surface area contributed by atoms with Gasteiger partial charge >= 0.3 is 0 Å². The molecule has 2 aliphatic rings. The summed E-state index contributed by atoms with van der Waals surface area (Å²) in [6.45, 7) is 1.34. The molecule has 37 heavy (non-hydrogen) atoms. The van der Waals surface area contributed by atoms with Crippen LogP contribution in [0, 0.1) is 0 Å². The Morgan fingerprint density at radius 3 is 2.32 bits per heavy atom. The first-order chi connectivity index (χ1) is 18.0. The molecule has 1 N–H and O–H groups in total. The summed E-state index contributed by atoms with van der Waals surface area (Å²) in [6, 6.07) is 23.2. The summed E-state index contributed by atoms with van der Waals surface area (Å²) in [7, 11) is 1.55. The van der Waals surface area contributed by atoms with Gasteiger partial charge in [-0.25, -0.2) is 0 Å². The zero-order valence-electron chi connectivity index (χ0n) is 20.6. The van der Waals surface area contributed by atoms with Crippen LogP contribution in [0.4, 0.5) is 0 Å². The lowest BCUT2D eigenvalue weighted by molar-refractivity contribution is -0.140. The van der Waals surface area contributed by atoms with Crippen molar-refractivity contribution in [3.8, 4) is 11.5 Å². The van der Waals surface area contributed by atoms with Crippen molar-refractivity contribution in [1.82, 2.24) is 4.90 Å². The highest BCUT2D eigenvalue weighted by Gasteiger charge is 2.47. The molecular weight excluding hydrogens is 470 g/mol. The average Bonchev–Trinajstić information content (AvgIpc) is 3.55. The van der Waals surface area contributed by atoms with Gasteiger partial charge in [0.25, 0.3) is 11.7 Å².